The van der Waals surface area contributed by atoms with E-state index in [4.69, 9.17) is 28.9 Å². The van der Waals surface area contributed by atoms with Crippen LogP contribution in [0.2, 0.25) is 10.0 Å². The monoisotopic (exact) mass is 274 g/mol. The van der Waals surface area contributed by atoms with Crippen molar-refractivity contribution in [2.75, 3.05) is 6.54 Å². The van der Waals surface area contributed by atoms with Crippen LogP contribution in [-0.4, -0.2) is 18.5 Å². The first-order chi connectivity index (χ1) is 8.00. The average Bonchev–Trinajstić information content (AvgIpc) is 2.23. The second-order valence-corrected chi connectivity index (χ2v) is 4.78. The summed E-state index contributed by atoms with van der Waals surface area (Å²) in [5.41, 5.74) is 6.45. The van der Waals surface area contributed by atoms with Gasteiger partial charge in [-0.25, -0.2) is 0 Å². The van der Waals surface area contributed by atoms with Gasteiger partial charge in [0.05, 0.1) is 10.0 Å². The van der Waals surface area contributed by atoms with E-state index in [1.54, 1.807) is 13.0 Å². The van der Waals surface area contributed by atoms with Crippen molar-refractivity contribution in [3.8, 4) is 0 Å². The van der Waals surface area contributed by atoms with E-state index in [1.165, 1.54) is 0 Å². The van der Waals surface area contributed by atoms with Gasteiger partial charge in [0.15, 0.2) is 0 Å². The van der Waals surface area contributed by atoms with E-state index in [-0.39, 0.29) is 11.9 Å². The van der Waals surface area contributed by atoms with Crippen molar-refractivity contribution in [1.82, 2.24) is 5.32 Å². The van der Waals surface area contributed by atoms with Gasteiger partial charge in [0.25, 0.3) is 0 Å². The third-order valence-electron chi connectivity index (χ3n) is 2.26. The number of carbonyl (C=O) groups is 1. The van der Waals surface area contributed by atoms with Crippen molar-refractivity contribution < 1.29 is 4.79 Å². The van der Waals surface area contributed by atoms with Gasteiger partial charge in [0.2, 0.25) is 5.91 Å². The summed E-state index contributed by atoms with van der Waals surface area (Å²) in [4.78, 5) is 11.3. The zero-order chi connectivity index (χ0) is 12.8. The summed E-state index contributed by atoms with van der Waals surface area (Å²) in [6.45, 7) is 2.33. The third-order valence-corrected chi connectivity index (χ3v) is 3.11. The first kappa shape index (κ1) is 14.3. The first-order valence-corrected chi connectivity index (χ1v) is 6.21. The molecule has 0 fully saturated rings. The van der Waals surface area contributed by atoms with Crippen molar-refractivity contribution in [1.29, 1.82) is 0 Å². The van der Waals surface area contributed by atoms with E-state index in [1.807, 2.05) is 12.1 Å². The molecule has 1 amide bonds. The molecule has 5 heteroatoms. The van der Waals surface area contributed by atoms with Crippen molar-refractivity contribution in [3.05, 3.63) is 33.8 Å². The lowest BCUT2D eigenvalue weighted by molar-refractivity contribution is -0.121. The topological polar surface area (TPSA) is 55.1 Å². The number of amides is 1. The van der Waals surface area contributed by atoms with Gasteiger partial charge in [-0.1, -0.05) is 35.3 Å². The fourth-order valence-corrected chi connectivity index (χ4v) is 1.86. The Morgan fingerprint density at radius 2 is 2.18 bits per heavy atom. The van der Waals surface area contributed by atoms with Crippen LogP contribution in [0.15, 0.2) is 18.2 Å². The third kappa shape index (κ3) is 4.94. The Morgan fingerprint density at radius 1 is 1.47 bits per heavy atom. The maximum absolute atomic E-state index is 11.3. The van der Waals surface area contributed by atoms with Gasteiger partial charge in [-0.3, -0.25) is 4.79 Å². The highest BCUT2D eigenvalue weighted by atomic mass is 35.5. The van der Waals surface area contributed by atoms with Gasteiger partial charge in [0, 0.05) is 19.0 Å². The molecule has 1 unspecified atom stereocenters. The Hall–Kier alpha value is -0.770. The van der Waals surface area contributed by atoms with Crippen LogP contribution in [0.1, 0.15) is 18.9 Å². The highest BCUT2D eigenvalue weighted by Gasteiger charge is 2.06. The number of rotatable bonds is 5. The minimum Gasteiger partial charge on any atom is -0.356 e. The summed E-state index contributed by atoms with van der Waals surface area (Å²) in [7, 11) is 0. The van der Waals surface area contributed by atoms with Crippen LogP contribution in [0.25, 0.3) is 0 Å². The van der Waals surface area contributed by atoms with Crippen LogP contribution >= 0.6 is 23.2 Å². The van der Waals surface area contributed by atoms with Crippen LogP contribution in [0, 0.1) is 0 Å². The Bertz CT molecular complexity index is 394. The molecular formula is C12H16Cl2N2O. The zero-order valence-electron chi connectivity index (χ0n) is 9.67. The highest BCUT2D eigenvalue weighted by Crippen LogP contribution is 2.25. The molecule has 0 radical (unpaired) electrons. The Labute approximate surface area is 111 Å². The van der Waals surface area contributed by atoms with Gasteiger partial charge in [-0.2, -0.15) is 0 Å². The summed E-state index contributed by atoms with van der Waals surface area (Å²) >= 11 is 11.9. The van der Waals surface area contributed by atoms with E-state index >= 15 is 0 Å². The van der Waals surface area contributed by atoms with Gasteiger partial charge in [0.1, 0.15) is 0 Å². The average molecular weight is 275 g/mol. The molecule has 0 aliphatic carbocycles. The number of hydrogen-bond donors (Lipinski definition) is 2. The van der Waals surface area contributed by atoms with E-state index < -0.39 is 0 Å². The van der Waals surface area contributed by atoms with Gasteiger partial charge in [-0.15, -0.1) is 0 Å². The summed E-state index contributed by atoms with van der Waals surface area (Å²) in [6.07, 6.45) is 0.993. The fourth-order valence-electron chi connectivity index (χ4n) is 1.44. The van der Waals surface area contributed by atoms with Crippen LogP contribution in [0.3, 0.4) is 0 Å². The predicted molar refractivity (Wildman–Crippen MR) is 71.4 cm³/mol. The molecule has 1 aromatic rings. The number of hydrogen-bond acceptors (Lipinski definition) is 2. The smallest absolute Gasteiger partial charge is 0.221 e. The van der Waals surface area contributed by atoms with Crippen LogP contribution in [0.4, 0.5) is 0 Å². The Balaban J connectivity index is 2.41. The largest absolute Gasteiger partial charge is 0.356 e. The number of nitrogens with two attached hydrogens (primary N) is 1. The minimum atomic E-state index is -0.121. The van der Waals surface area contributed by atoms with Crippen LogP contribution in [-0.2, 0) is 11.2 Å². The molecule has 0 aromatic heterocycles. The van der Waals surface area contributed by atoms with E-state index in [0.29, 0.717) is 29.4 Å². The molecule has 94 valence electrons. The van der Waals surface area contributed by atoms with Gasteiger partial charge in [-0.05, 0) is 25.0 Å². The highest BCUT2D eigenvalue weighted by molar-refractivity contribution is 6.42. The number of carbonyl (C=O) groups excluding carboxylic acids is 1. The molecule has 0 spiro atoms. The first-order valence-electron chi connectivity index (χ1n) is 5.46. The van der Waals surface area contributed by atoms with Crippen LogP contribution in [0.5, 0.6) is 0 Å². The molecule has 0 aliphatic rings. The van der Waals surface area contributed by atoms with Gasteiger partial charge < -0.3 is 11.1 Å². The Morgan fingerprint density at radius 3 is 2.82 bits per heavy atom. The molecule has 17 heavy (non-hydrogen) atoms. The standard InChI is InChI=1S/C12H16Cl2N2O/c1-8(15)7-11(17)16-6-5-9-3-2-4-10(13)12(9)14/h2-4,8H,5-7,15H2,1H3,(H,16,17). The SMILES string of the molecule is CC(N)CC(=O)NCCc1cccc(Cl)c1Cl. The lowest BCUT2D eigenvalue weighted by atomic mass is 10.1. The second-order valence-electron chi connectivity index (χ2n) is 3.99. The van der Waals surface area contributed by atoms with Crippen molar-refractivity contribution in [2.45, 2.75) is 25.8 Å². The lowest BCUT2D eigenvalue weighted by Gasteiger charge is -2.08. The van der Waals surface area contributed by atoms with E-state index in [9.17, 15) is 4.79 Å². The Kier molecular flexibility index (Phi) is 5.75. The number of nitrogens with one attached hydrogen (secondary N) is 1. The molecule has 0 saturated heterocycles. The fraction of sp³-hybridized carbons (Fsp3) is 0.417. The molecular weight excluding hydrogens is 259 g/mol. The molecule has 1 aromatic carbocycles. The molecule has 0 saturated carbocycles. The summed E-state index contributed by atoms with van der Waals surface area (Å²) in [5, 5.41) is 3.87. The molecule has 0 bridgehead atoms. The minimum absolute atomic E-state index is 0.0434. The lowest BCUT2D eigenvalue weighted by Crippen LogP contribution is -2.31. The number of benzene rings is 1. The van der Waals surface area contributed by atoms with E-state index in [0.717, 1.165) is 5.56 Å². The van der Waals surface area contributed by atoms with Crippen LogP contribution < -0.4 is 11.1 Å². The zero-order valence-corrected chi connectivity index (χ0v) is 11.2. The van der Waals surface area contributed by atoms with Crippen molar-refractivity contribution in [2.24, 2.45) is 5.73 Å². The normalized spacial score (nSPS) is 12.2. The quantitative estimate of drug-likeness (QED) is 0.866. The molecule has 0 heterocycles. The van der Waals surface area contributed by atoms with Gasteiger partial charge >= 0.3 is 0 Å². The maximum Gasteiger partial charge on any atom is 0.221 e. The summed E-state index contributed by atoms with van der Waals surface area (Å²) in [6, 6.07) is 5.35. The molecule has 3 N–H and O–H groups in total. The summed E-state index contributed by atoms with van der Waals surface area (Å²) in [5.74, 6) is -0.0434. The maximum atomic E-state index is 11.3. The molecule has 3 nitrogen and oxygen atoms in total. The predicted octanol–water partition coefficient (Wildman–Crippen LogP) is 2.39. The molecule has 1 rings (SSSR count). The molecule has 1 atom stereocenters. The molecule has 0 aliphatic heterocycles. The number of halogens is 2. The van der Waals surface area contributed by atoms with E-state index in [2.05, 4.69) is 5.32 Å². The van der Waals surface area contributed by atoms with Crippen molar-refractivity contribution in [3.63, 3.8) is 0 Å². The summed E-state index contributed by atoms with van der Waals surface area (Å²) < 4.78 is 0. The van der Waals surface area contributed by atoms with Crippen molar-refractivity contribution >= 4 is 29.1 Å². The second kappa shape index (κ2) is 6.84.